The molecular weight excluding hydrogens is 166 g/mol. The SMILES string of the molecule is CNC(C)(N)C1=C(N)NCC1C#N. The van der Waals surface area contributed by atoms with Gasteiger partial charge in [0.05, 0.1) is 23.5 Å². The van der Waals surface area contributed by atoms with E-state index in [1.165, 1.54) is 0 Å². The van der Waals surface area contributed by atoms with Crippen molar-refractivity contribution < 1.29 is 0 Å². The monoisotopic (exact) mass is 181 g/mol. The van der Waals surface area contributed by atoms with Gasteiger partial charge in [0, 0.05) is 12.1 Å². The number of nitrogens with one attached hydrogen (secondary N) is 2. The standard InChI is InChI=1S/C8H15N5/c1-8(11,12-2)6-5(3-9)4-13-7(6)10/h5,12-13H,4,10-11H2,1-2H3. The van der Waals surface area contributed by atoms with Crippen molar-refractivity contribution in [2.24, 2.45) is 17.4 Å². The van der Waals surface area contributed by atoms with Crippen LogP contribution in [0.4, 0.5) is 0 Å². The highest BCUT2D eigenvalue weighted by Gasteiger charge is 2.35. The molecule has 1 aliphatic rings. The lowest BCUT2D eigenvalue weighted by atomic mass is 9.92. The molecule has 0 spiro atoms. The highest BCUT2D eigenvalue weighted by Crippen LogP contribution is 2.24. The Morgan fingerprint density at radius 1 is 1.77 bits per heavy atom. The van der Waals surface area contributed by atoms with Crippen LogP contribution in [-0.2, 0) is 0 Å². The molecule has 0 aromatic carbocycles. The van der Waals surface area contributed by atoms with Crippen LogP contribution in [0.1, 0.15) is 6.92 Å². The molecule has 0 amide bonds. The second kappa shape index (κ2) is 3.24. The van der Waals surface area contributed by atoms with Gasteiger partial charge in [-0.05, 0) is 14.0 Å². The van der Waals surface area contributed by atoms with Gasteiger partial charge in [0.25, 0.3) is 0 Å². The van der Waals surface area contributed by atoms with Gasteiger partial charge in [0.1, 0.15) is 0 Å². The lowest BCUT2D eigenvalue weighted by Crippen LogP contribution is -2.52. The van der Waals surface area contributed by atoms with Gasteiger partial charge >= 0.3 is 0 Å². The number of likely N-dealkylation sites (N-methyl/N-ethyl adjacent to an activating group) is 1. The fraction of sp³-hybridized carbons (Fsp3) is 0.625. The number of hydrogen-bond donors (Lipinski definition) is 4. The lowest BCUT2D eigenvalue weighted by molar-refractivity contribution is 0.443. The zero-order valence-corrected chi connectivity index (χ0v) is 7.89. The average Bonchev–Trinajstić information content (AvgIpc) is 2.47. The molecule has 0 saturated carbocycles. The smallest absolute Gasteiger partial charge is 0.0998 e. The Morgan fingerprint density at radius 2 is 2.38 bits per heavy atom. The number of nitrogens with two attached hydrogens (primary N) is 2. The molecule has 1 rings (SSSR count). The molecule has 2 unspecified atom stereocenters. The van der Waals surface area contributed by atoms with Gasteiger partial charge in [-0.1, -0.05) is 0 Å². The Kier molecular flexibility index (Phi) is 2.45. The predicted octanol–water partition coefficient (Wildman–Crippen LogP) is -1.21. The minimum atomic E-state index is -0.714. The minimum Gasteiger partial charge on any atom is -0.385 e. The van der Waals surface area contributed by atoms with Crippen LogP contribution in [0.2, 0.25) is 0 Å². The van der Waals surface area contributed by atoms with Gasteiger partial charge in [-0.2, -0.15) is 5.26 Å². The molecule has 0 aromatic heterocycles. The third-order valence-corrected chi connectivity index (χ3v) is 2.37. The summed E-state index contributed by atoms with van der Waals surface area (Å²) in [4.78, 5) is 0. The summed E-state index contributed by atoms with van der Waals surface area (Å²) in [5.41, 5.74) is 11.7. The van der Waals surface area contributed by atoms with Gasteiger partial charge in [0.15, 0.2) is 0 Å². The van der Waals surface area contributed by atoms with Crippen LogP contribution >= 0.6 is 0 Å². The van der Waals surface area contributed by atoms with E-state index >= 15 is 0 Å². The molecule has 1 heterocycles. The first-order chi connectivity index (χ1) is 6.03. The van der Waals surface area contributed by atoms with Crippen molar-refractivity contribution in [3.05, 3.63) is 11.4 Å². The molecule has 0 aliphatic carbocycles. The Hall–Kier alpha value is -1.25. The summed E-state index contributed by atoms with van der Waals surface area (Å²) in [5, 5.41) is 14.7. The Balaban J connectivity index is 3.01. The second-order valence-corrected chi connectivity index (χ2v) is 3.34. The highest BCUT2D eigenvalue weighted by atomic mass is 15.1. The van der Waals surface area contributed by atoms with Gasteiger partial charge in [0.2, 0.25) is 0 Å². The molecule has 0 radical (unpaired) electrons. The highest BCUT2D eigenvalue weighted by molar-refractivity contribution is 5.32. The van der Waals surface area contributed by atoms with Crippen molar-refractivity contribution in [3.63, 3.8) is 0 Å². The van der Waals surface area contributed by atoms with Gasteiger partial charge < -0.3 is 16.8 Å². The van der Waals surface area contributed by atoms with Crippen molar-refractivity contribution in [2.75, 3.05) is 13.6 Å². The van der Waals surface area contributed by atoms with Crippen molar-refractivity contribution in [1.82, 2.24) is 10.6 Å². The first kappa shape index (κ1) is 9.84. The third kappa shape index (κ3) is 1.59. The summed E-state index contributed by atoms with van der Waals surface area (Å²) in [6.45, 7) is 2.35. The van der Waals surface area contributed by atoms with Gasteiger partial charge in [-0.25, -0.2) is 0 Å². The molecule has 0 fully saturated rings. The van der Waals surface area contributed by atoms with Crippen LogP contribution < -0.4 is 22.1 Å². The van der Waals surface area contributed by atoms with E-state index in [1.807, 2.05) is 0 Å². The lowest BCUT2D eigenvalue weighted by Gasteiger charge is -2.27. The molecular formula is C8H15N5. The summed E-state index contributed by atoms with van der Waals surface area (Å²) in [6, 6.07) is 2.16. The molecule has 0 saturated heterocycles. The summed E-state index contributed by atoms with van der Waals surface area (Å²) in [7, 11) is 1.74. The average molecular weight is 181 g/mol. The Bertz CT molecular complexity index is 273. The first-order valence-corrected chi connectivity index (χ1v) is 4.14. The maximum absolute atomic E-state index is 8.85. The number of nitrogens with zero attached hydrogens (tertiary/aromatic N) is 1. The topological polar surface area (TPSA) is 99.9 Å². The number of nitriles is 1. The summed E-state index contributed by atoms with van der Waals surface area (Å²) in [6.07, 6.45) is 0. The molecule has 5 nitrogen and oxygen atoms in total. The van der Waals surface area contributed by atoms with Crippen LogP contribution in [0.5, 0.6) is 0 Å². The summed E-state index contributed by atoms with van der Waals surface area (Å²) >= 11 is 0. The second-order valence-electron chi connectivity index (χ2n) is 3.34. The van der Waals surface area contributed by atoms with E-state index < -0.39 is 5.66 Å². The zero-order chi connectivity index (χ0) is 10.1. The Morgan fingerprint density at radius 3 is 2.85 bits per heavy atom. The van der Waals surface area contributed by atoms with Crippen LogP contribution in [0.15, 0.2) is 11.4 Å². The molecule has 2 atom stereocenters. The fourth-order valence-corrected chi connectivity index (χ4v) is 1.48. The van der Waals surface area contributed by atoms with Crippen LogP contribution in [0, 0.1) is 17.2 Å². The van der Waals surface area contributed by atoms with E-state index in [4.69, 9.17) is 16.7 Å². The normalized spacial score (nSPS) is 26.5. The van der Waals surface area contributed by atoms with Gasteiger partial charge in [-0.15, -0.1) is 0 Å². The fourth-order valence-electron chi connectivity index (χ4n) is 1.48. The van der Waals surface area contributed by atoms with Crippen molar-refractivity contribution in [1.29, 1.82) is 5.26 Å². The maximum atomic E-state index is 8.85. The Labute approximate surface area is 77.8 Å². The zero-order valence-electron chi connectivity index (χ0n) is 7.89. The van der Waals surface area contributed by atoms with E-state index in [1.54, 1.807) is 14.0 Å². The summed E-state index contributed by atoms with van der Waals surface area (Å²) < 4.78 is 0. The van der Waals surface area contributed by atoms with E-state index in [0.29, 0.717) is 12.4 Å². The van der Waals surface area contributed by atoms with Gasteiger partial charge in [-0.3, -0.25) is 5.32 Å². The van der Waals surface area contributed by atoms with E-state index in [0.717, 1.165) is 5.57 Å². The molecule has 0 bridgehead atoms. The minimum absolute atomic E-state index is 0.234. The quantitative estimate of drug-likeness (QED) is 0.401. The maximum Gasteiger partial charge on any atom is 0.0998 e. The third-order valence-electron chi connectivity index (χ3n) is 2.37. The molecule has 72 valence electrons. The largest absolute Gasteiger partial charge is 0.385 e. The van der Waals surface area contributed by atoms with Crippen LogP contribution in [0.3, 0.4) is 0 Å². The van der Waals surface area contributed by atoms with E-state index in [-0.39, 0.29) is 5.92 Å². The predicted molar refractivity (Wildman–Crippen MR) is 50.0 cm³/mol. The molecule has 13 heavy (non-hydrogen) atoms. The molecule has 5 heteroatoms. The molecule has 6 N–H and O–H groups in total. The first-order valence-electron chi connectivity index (χ1n) is 4.14. The van der Waals surface area contributed by atoms with E-state index in [2.05, 4.69) is 16.7 Å². The van der Waals surface area contributed by atoms with Crippen molar-refractivity contribution in [3.8, 4) is 6.07 Å². The number of rotatable bonds is 2. The van der Waals surface area contributed by atoms with Crippen molar-refractivity contribution in [2.45, 2.75) is 12.6 Å². The van der Waals surface area contributed by atoms with Crippen LogP contribution in [0.25, 0.3) is 0 Å². The van der Waals surface area contributed by atoms with Crippen molar-refractivity contribution >= 4 is 0 Å². The molecule has 0 aromatic rings. The molecule has 1 aliphatic heterocycles. The van der Waals surface area contributed by atoms with E-state index in [9.17, 15) is 0 Å². The van der Waals surface area contributed by atoms with Crippen LogP contribution in [-0.4, -0.2) is 19.3 Å². The summed E-state index contributed by atoms with van der Waals surface area (Å²) in [5.74, 6) is 0.286. The number of hydrogen-bond acceptors (Lipinski definition) is 5.